The summed E-state index contributed by atoms with van der Waals surface area (Å²) in [6, 6.07) is 14.7. The molecule has 0 bridgehead atoms. The Hall–Kier alpha value is -4.58. The molecule has 1 unspecified atom stereocenters. The van der Waals surface area contributed by atoms with Crippen LogP contribution in [0.25, 0.3) is 10.8 Å². The number of rotatable bonds is 9. The molecule has 0 saturated heterocycles. The molecular formula is C43H58N2O4. The lowest BCUT2D eigenvalue weighted by molar-refractivity contribution is -0.115. The predicted octanol–water partition coefficient (Wildman–Crippen LogP) is 11.4. The molecule has 0 radical (unpaired) electrons. The Balaban J connectivity index is 0.00000132. The molecule has 3 aromatic rings. The third-order valence-electron chi connectivity index (χ3n) is 8.05. The van der Waals surface area contributed by atoms with Gasteiger partial charge in [0.05, 0.1) is 11.8 Å². The van der Waals surface area contributed by atoms with Gasteiger partial charge < -0.3 is 19.6 Å². The van der Waals surface area contributed by atoms with Crippen molar-refractivity contribution in [3.63, 3.8) is 0 Å². The number of aromatic hydroxyl groups is 1. The summed E-state index contributed by atoms with van der Waals surface area (Å²) in [5.41, 5.74) is 6.30. The van der Waals surface area contributed by atoms with Crippen molar-refractivity contribution < 1.29 is 19.4 Å². The maximum atomic E-state index is 13.9. The van der Waals surface area contributed by atoms with Gasteiger partial charge in [-0.25, -0.2) is 0 Å². The molecule has 0 spiro atoms. The smallest absolute Gasteiger partial charge is 0.255 e. The van der Waals surface area contributed by atoms with E-state index < -0.39 is 0 Å². The summed E-state index contributed by atoms with van der Waals surface area (Å²) >= 11 is 0. The van der Waals surface area contributed by atoms with Crippen molar-refractivity contribution in [1.29, 1.82) is 0 Å². The number of hydrogen-bond acceptors (Lipinski definition) is 5. The van der Waals surface area contributed by atoms with Crippen LogP contribution in [0.4, 0.5) is 5.69 Å². The highest BCUT2D eigenvalue weighted by atomic mass is 16.5. The van der Waals surface area contributed by atoms with E-state index in [9.17, 15) is 14.7 Å². The van der Waals surface area contributed by atoms with Crippen LogP contribution in [0.1, 0.15) is 116 Å². The summed E-state index contributed by atoms with van der Waals surface area (Å²) in [7, 11) is 0. The Morgan fingerprint density at radius 2 is 1.67 bits per heavy atom. The maximum Gasteiger partial charge on any atom is 0.255 e. The fraction of sp³-hybridized carbons (Fsp3) is 0.395. The van der Waals surface area contributed by atoms with Crippen molar-refractivity contribution in [3.8, 4) is 11.5 Å². The van der Waals surface area contributed by atoms with Gasteiger partial charge in [-0.05, 0) is 93.0 Å². The van der Waals surface area contributed by atoms with Crippen LogP contribution in [-0.2, 0) is 4.79 Å². The summed E-state index contributed by atoms with van der Waals surface area (Å²) in [4.78, 5) is 30.2. The second-order valence-electron chi connectivity index (χ2n) is 11.9. The Morgan fingerprint density at radius 3 is 2.31 bits per heavy atom. The molecule has 0 fully saturated rings. The van der Waals surface area contributed by atoms with Gasteiger partial charge in [-0.3, -0.25) is 9.59 Å². The van der Waals surface area contributed by atoms with Crippen LogP contribution in [0.15, 0.2) is 96.5 Å². The zero-order valence-corrected chi connectivity index (χ0v) is 31.7. The van der Waals surface area contributed by atoms with Crippen molar-refractivity contribution in [2.45, 2.75) is 107 Å². The monoisotopic (exact) mass is 666 g/mol. The Morgan fingerprint density at radius 1 is 1.02 bits per heavy atom. The first-order chi connectivity index (χ1) is 23.5. The second kappa shape index (κ2) is 19.4. The highest BCUT2D eigenvalue weighted by molar-refractivity contribution is 6.10. The van der Waals surface area contributed by atoms with Crippen LogP contribution in [0, 0.1) is 6.92 Å². The molecule has 0 saturated carbocycles. The number of aryl methyl sites for hydroxylation is 1. The van der Waals surface area contributed by atoms with Crippen molar-refractivity contribution >= 4 is 28.2 Å². The molecule has 6 heteroatoms. The van der Waals surface area contributed by atoms with Crippen LogP contribution < -0.4 is 9.64 Å². The molecule has 1 N–H and O–H groups in total. The van der Waals surface area contributed by atoms with Gasteiger partial charge >= 0.3 is 0 Å². The minimum Gasteiger partial charge on any atom is -0.508 e. The van der Waals surface area contributed by atoms with Gasteiger partial charge in [0.2, 0.25) is 0 Å². The largest absolute Gasteiger partial charge is 0.508 e. The van der Waals surface area contributed by atoms with Gasteiger partial charge in [0.1, 0.15) is 11.5 Å². The molecule has 1 atom stereocenters. The predicted molar refractivity (Wildman–Crippen MR) is 208 cm³/mol. The van der Waals surface area contributed by atoms with E-state index in [-0.39, 0.29) is 29.5 Å². The normalized spacial score (nSPS) is 14.9. The first-order valence-corrected chi connectivity index (χ1v) is 17.9. The topological polar surface area (TPSA) is 70.1 Å². The van der Waals surface area contributed by atoms with E-state index in [1.54, 1.807) is 12.1 Å². The van der Waals surface area contributed by atoms with Crippen molar-refractivity contribution in [3.05, 3.63) is 113 Å². The molecule has 2 aliphatic rings. The van der Waals surface area contributed by atoms with Crippen LogP contribution in [0.3, 0.4) is 0 Å². The fourth-order valence-electron chi connectivity index (χ4n) is 5.95. The zero-order chi connectivity index (χ0) is 36.8. The Kier molecular flexibility index (Phi) is 16.1. The quantitative estimate of drug-likeness (QED) is 0.182. The van der Waals surface area contributed by atoms with Crippen LogP contribution in [-0.4, -0.2) is 34.3 Å². The van der Waals surface area contributed by atoms with E-state index in [4.69, 9.17) is 4.74 Å². The Labute approximate surface area is 295 Å². The summed E-state index contributed by atoms with van der Waals surface area (Å²) in [6.07, 6.45) is 9.60. The zero-order valence-electron chi connectivity index (χ0n) is 31.7. The lowest BCUT2D eigenvalue weighted by atomic mass is 9.92. The van der Waals surface area contributed by atoms with Crippen molar-refractivity contribution in [2.24, 2.45) is 0 Å². The van der Waals surface area contributed by atoms with E-state index in [0.29, 0.717) is 36.9 Å². The van der Waals surface area contributed by atoms with Crippen LogP contribution >= 0.6 is 0 Å². The summed E-state index contributed by atoms with van der Waals surface area (Å²) < 4.78 is 6.24. The van der Waals surface area contributed by atoms with Crippen molar-refractivity contribution in [2.75, 3.05) is 11.4 Å². The van der Waals surface area contributed by atoms with Crippen LogP contribution in [0.2, 0.25) is 0 Å². The number of phenolic OH excluding ortho intramolecular Hbond substituents is 1. The number of ether oxygens (including phenoxy) is 1. The minimum atomic E-state index is -0.0502. The highest BCUT2D eigenvalue weighted by Gasteiger charge is 2.34. The number of benzene rings is 3. The maximum absolute atomic E-state index is 13.9. The Bertz CT molecular complexity index is 1680. The molecule has 0 aromatic heterocycles. The number of carbonyl (C=O) groups excluding carboxylic acids is 2. The number of phenols is 1. The van der Waals surface area contributed by atoms with Gasteiger partial charge in [0.15, 0.2) is 5.78 Å². The van der Waals surface area contributed by atoms with Gasteiger partial charge in [0.25, 0.3) is 5.91 Å². The van der Waals surface area contributed by atoms with E-state index in [1.165, 1.54) is 28.6 Å². The van der Waals surface area contributed by atoms with Gasteiger partial charge in [-0.1, -0.05) is 79.3 Å². The first kappa shape index (κ1) is 40.6. The first-order valence-electron chi connectivity index (χ1n) is 17.9. The molecule has 0 aliphatic carbocycles. The molecule has 2 heterocycles. The van der Waals surface area contributed by atoms with Gasteiger partial charge in [-0.15, -0.1) is 0 Å². The number of anilines is 1. The number of nitrogens with zero attached hydrogens (tertiary/aromatic N) is 2. The number of carbonyl (C=O) groups is 2. The standard InChI is InChI=1S/C37H40N2O4.3C2H6/c1-23(2)43-34-19-32-36(35-24(3)9-7-11-31(34)35)25(4)21-39(32)37(42)26(5)20-38-22-28(14-13-27(38)6)10-8-12-33(41)29-15-17-30(40)18-16-29;3*1-2/h7,9,11,13-20,22-23,25,40H,6,8,10,12,21H2,1-5H3;3*1-2H3/b26-20+;;;. The highest BCUT2D eigenvalue weighted by Crippen LogP contribution is 2.46. The van der Waals surface area contributed by atoms with Crippen LogP contribution in [0.5, 0.6) is 11.5 Å². The van der Waals surface area contributed by atoms with Gasteiger partial charge in [-0.2, -0.15) is 0 Å². The molecule has 1 amide bonds. The number of amides is 1. The second-order valence-corrected chi connectivity index (χ2v) is 11.9. The molecule has 5 rings (SSSR count). The number of fused-ring (bicyclic) bond motifs is 3. The minimum absolute atomic E-state index is 0.0106. The van der Waals surface area contributed by atoms with E-state index in [0.717, 1.165) is 28.1 Å². The molecule has 6 nitrogen and oxygen atoms in total. The molecular weight excluding hydrogens is 608 g/mol. The third kappa shape index (κ3) is 9.97. The molecule has 264 valence electrons. The molecule has 3 aromatic carbocycles. The van der Waals surface area contributed by atoms with Gasteiger partial charge in [0, 0.05) is 59.6 Å². The third-order valence-corrected chi connectivity index (χ3v) is 8.05. The number of hydrogen-bond donors (Lipinski definition) is 1. The summed E-state index contributed by atoms with van der Waals surface area (Å²) in [5, 5.41) is 11.7. The van der Waals surface area contributed by atoms with Crippen molar-refractivity contribution in [1.82, 2.24) is 4.90 Å². The van der Waals surface area contributed by atoms with E-state index in [2.05, 4.69) is 38.6 Å². The summed E-state index contributed by atoms with van der Waals surface area (Å²) in [6.45, 7) is 26.9. The molecule has 49 heavy (non-hydrogen) atoms. The van der Waals surface area contributed by atoms with E-state index >= 15 is 0 Å². The summed E-state index contributed by atoms with van der Waals surface area (Å²) in [5.74, 6) is 1.13. The lowest BCUT2D eigenvalue weighted by Crippen LogP contribution is -2.31. The number of ketones is 1. The average Bonchev–Trinajstić information content (AvgIpc) is 3.44. The average molecular weight is 667 g/mol. The number of Topliss-reactive ketones (excluding diaryl/α,β-unsaturated/α-hetero) is 1. The SMILES string of the molecule is C=C1C=CC(CCCC(=O)c2ccc(O)cc2)=CN1/C=C(\C)C(=O)N1CC(C)c2c1cc(OC(C)C)c1cccc(C)c21.CC.CC.CC. The fourth-order valence-corrected chi connectivity index (χ4v) is 5.95. The lowest BCUT2D eigenvalue weighted by Gasteiger charge is -2.24. The van der Waals surface area contributed by atoms with E-state index in [1.807, 2.05) is 103 Å². The molecule has 2 aliphatic heterocycles. The number of allylic oxidation sites excluding steroid dienone is 3.